The molecule has 0 spiro atoms. The molecule has 10 rings (SSSR count). The van der Waals surface area contributed by atoms with E-state index in [0.717, 1.165) is 28.2 Å². The Labute approximate surface area is 326 Å². The summed E-state index contributed by atoms with van der Waals surface area (Å²) in [5.74, 6) is 0.773. The number of nitrogens with zero attached hydrogens (tertiary/aromatic N) is 2. The quantitative estimate of drug-likeness (QED) is 0.157. The van der Waals surface area contributed by atoms with Crippen LogP contribution in [0.15, 0.2) is 186 Å². The summed E-state index contributed by atoms with van der Waals surface area (Å²) in [5.41, 5.74) is 15.9. The minimum atomic E-state index is -2.08. The van der Waals surface area contributed by atoms with Gasteiger partial charge < -0.3 is 0 Å². The molecule has 0 fully saturated rings. The van der Waals surface area contributed by atoms with Crippen LogP contribution < -0.4 is 20.7 Å². The third kappa shape index (κ3) is 5.20. The van der Waals surface area contributed by atoms with E-state index in [0.29, 0.717) is 0 Å². The molecule has 0 radical (unpaired) electrons. The molecule has 0 saturated carbocycles. The molecule has 264 valence electrons. The van der Waals surface area contributed by atoms with Crippen LogP contribution in [-0.4, -0.2) is 27.7 Å². The van der Waals surface area contributed by atoms with E-state index in [2.05, 4.69) is 190 Å². The summed E-state index contributed by atoms with van der Waals surface area (Å²) in [7, 11) is -4.16. The summed E-state index contributed by atoms with van der Waals surface area (Å²) < 4.78 is 0. The fourth-order valence-electron chi connectivity index (χ4n) is 9.60. The second kappa shape index (κ2) is 12.6. The van der Waals surface area contributed by atoms with Crippen LogP contribution in [0.5, 0.6) is 0 Å². The highest BCUT2D eigenvalue weighted by Crippen LogP contribution is 2.39. The van der Waals surface area contributed by atoms with Crippen molar-refractivity contribution < 1.29 is 0 Å². The predicted molar refractivity (Wildman–Crippen MR) is 240 cm³/mol. The summed E-state index contributed by atoms with van der Waals surface area (Å²) in [4.78, 5) is 10.9. The third-order valence-corrected chi connectivity index (χ3v) is 19.4. The fourth-order valence-corrected chi connectivity index (χ4v) is 16.6. The minimum absolute atomic E-state index is 0.254. The van der Waals surface area contributed by atoms with Crippen molar-refractivity contribution in [2.24, 2.45) is 9.98 Å². The maximum atomic E-state index is 5.51. The first-order valence-corrected chi connectivity index (χ1v) is 25.3. The van der Waals surface area contributed by atoms with E-state index in [4.69, 9.17) is 16.6 Å². The molecule has 7 aromatic carbocycles. The number of hydrogen-bond donors (Lipinski definition) is 0. The van der Waals surface area contributed by atoms with Crippen LogP contribution in [0.4, 0.5) is 0 Å². The maximum absolute atomic E-state index is 5.51. The van der Waals surface area contributed by atoms with Crippen LogP contribution in [-0.2, 0) is 0 Å². The zero-order valence-electron chi connectivity index (χ0n) is 31.8. The molecule has 0 bridgehead atoms. The molecular weight excluding hydrogens is 697 g/mol. The highest BCUT2D eigenvalue weighted by molar-refractivity contribution is 7.05. The highest BCUT2D eigenvalue weighted by Gasteiger charge is 2.42. The molecular formula is C51H42N2Si2. The van der Waals surface area contributed by atoms with E-state index < -0.39 is 16.1 Å². The number of rotatable bonds is 5. The highest BCUT2D eigenvalue weighted by atomic mass is 28.3. The molecule has 4 heteroatoms. The second-order valence-electron chi connectivity index (χ2n) is 16.2. The van der Waals surface area contributed by atoms with Crippen molar-refractivity contribution in [1.82, 2.24) is 0 Å². The second-order valence-corrected chi connectivity index (χ2v) is 24.8. The lowest BCUT2D eigenvalue weighted by atomic mass is 9.90. The average Bonchev–Trinajstić information content (AvgIpc) is 3.61. The third-order valence-electron chi connectivity index (χ3n) is 12.3. The molecule has 1 atom stereocenters. The van der Waals surface area contributed by atoms with E-state index in [1.54, 1.807) is 0 Å². The summed E-state index contributed by atoms with van der Waals surface area (Å²) in [6, 6.07) is 59.7. The molecule has 3 aliphatic heterocycles. The van der Waals surface area contributed by atoms with Gasteiger partial charge in [-0.2, -0.15) is 0 Å². The Bertz CT molecular complexity index is 2760. The molecule has 3 aliphatic rings. The summed E-state index contributed by atoms with van der Waals surface area (Å²) in [5, 5.41) is 5.95. The van der Waals surface area contributed by atoms with Gasteiger partial charge in [-0.25, -0.2) is 4.99 Å². The fraction of sp³-hybridized carbons (Fsp3) is 0.0980. The van der Waals surface area contributed by atoms with Crippen molar-refractivity contribution >= 4 is 48.4 Å². The Balaban J connectivity index is 1.09. The van der Waals surface area contributed by atoms with E-state index in [-0.39, 0.29) is 6.04 Å². The molecule has 3 heterocycles. The average molecular weight is 739 g/mol. The Kier molecular flexibility index (Phi) is 7.67. The van der Waals surface area contributed by atoms with Gasteiger partial charge in [0.1, 0.15) is 22.2 Å². The number of hydrogen-bond acceptors (Lipinski definition) is 2. The van der Waals surface area contributed by atoms with Crippen molar-refractivity contribution in [3.8, 4) is 44.5 Å². The smallest absolute Gasteiger partial charge is 0.156 e. The molecule has 0 aliphatic carbocycles. The predicted octanol–water partition coefficient (Wildman–Crippen LogP) is 10.2. The normalized spacial score (nSPS) is 17.1. The number of aliphatic imine (C=N–C) groups is 2. The Hall–Kier alpha value is -5.95. The van der Waals surface area contributed by atoms with Gasteiger partial charge in [0, 0.05) is 16.7 Å². The van der Waals surface area contributed by atoms with Gasteiger partial charge in [-0.1, -0.05) is 197 Å². The first kappa shape index (κ1) is 33.6. The molecule has 0 amide bonds. The van der Waals surface area contributed by atoms with Crippen molar-refractivity contribution in [2.75, 3.05) is 0 Å². The lowest BCUT2D eigenvalue weighted by molar-refractivity contribution is 0.875. The molecule has 55 heavy (non-hydrogen) atoms. The van der Waals surface area contributed by atoms with Gasteiger partial charge in [-0.3, -0.25) is 4.99 Å². The number of fused-ring (bicyclic) bond motifs is 6. The number of amidine groups is 1. The van der Waals surface area contributed by atoms with Crippen molar-refractivity contribution in [3.63, 3.8) is 0 Å². The zero-order chi connectivity index (χ0) is 37.5. The van der Waals surface area contributed by atoms with Gasteiger partial charge >= 0.3 is 0 Å². The summed E-state index contributed by atoms with van der Waals surface area (Å²) in [6.07, 6.45) is 0. The lowest BCUT2D eigenvalue weighted by Crippen LogP contribution is -2.50. The van der Waals surface area contributed by atoms with Gasteiger partial charge in [-0.15, -0.1) is 0 Å². The van der Waals surface area contributed by atoms with Crippen LogP contribution >= 0.6 is 0 Å². The first-order valence-electron chi connectivity index (χ1n) is 19.3. The van der Waals surface area contributed by atoms with Gasteiger partial charge in [0.15, 0.2) is 5.84 Å². The minimum Gasteiger partial charge on any atom is -0.253 e. The van der Waals surface area contributed by atoms with Crippen LogP contribution in [0.25, 0.3) is 44.5 Å². The monoisotopic (exact) mass is 738 g/mol. The maximum Gasteiger partial charge on any atom is 0.156 e. The van der Waals surface area contributed by atoms with Crippen LogP contribution in [0, 0.1) is 0 Å². The van der Waals surface area contributed by atoms with Gasteiger partial charge in [-0.05, 0) is 70.8 Å². The van der Waals surface area contributed by atoms with Gasteiger partial charge in [0.05, 0.1) is 5.71 Å². The molecule has 0 N–H and O–H groups in total. The van der Waals surface area contributed by atoms with Crippen molar-refractivity contribution in [2.45, 2.75) is 32.2 Å². The molecule has 1 unspecified atom stereocenters. The molecule has 0 saturated heterocycles. The van der Waals surface area contributed by atoms with Crippen molar-refractivity contribution in [3.05, 3.63) is 193 Å². The van der Waals surface area contributed by atoms with Crippen LogP contribution in [0.2, 0.25) is 26.2 Å². The number of benzene rings is 7. The van der Waals surface area contributed by atoms with E-state index in [1.807, 2.05) is 0 Å². The van der Waals surface area contributed by atoms with Gasteiger partial charge in [0.25, 0.3) is 0 Å². The van der Waals surface area contributed by atoms with Crippen molar-refractivity contribution in [1.29, 1.82) is 0 Å². The Morgan fingerprint density at radius 1 is 0.436 bits per heavy atom. The summed E-state index contributed by atoms with van der Waals surface area (Å²) >= 11 is 0. The standard InChI is InChI=1S/C51H42N2Si2/c1-33-47(36-21-13-8-14-22-36)52-51(38-28-30-42-44-26-16-24-40(35-19-11-7-12-20-35)50(44)55(4,5)46(42)32-38)53-48(33)37-27-29-41-43-25-15-23-39(34-17-9-6-10-18-34)49(43)54(2,3)45(41)31-37/h6-32,48H,1H2,2-5H3. The van der Waals surface area contributed by atoms with E-state index >= 15 is 0 Å². The van der Waals surface area contributed by atoms with Crippen LogP contribution in [0.1, 0.15) is 22.7 Å². The van der Waals surface area contributed by atoms with Gasteiger partial charge in [0.2, 0.25) is 0 Å². The largest absolute Gasteiger partial charge is 0.253 e. The van der Waals surface area contributed by atoms with Crippen LogP contribution in [0.3, 0.4) is 0 Å². The first-order chi connectivity index (χ1) is 26.7. The molecule has 2 nitrogen and oxygen atoms in total. The van der Waals surface area contributed by atoms with E-state index in [9.17, 15) is 0 Å². The zero-order valence-corrected chi connectivity index (χ0v) is 33.8. The Morgan fingerprint density at radius 2 is 0.909 bits per heavy atom. The van der Waals surface area contributed by atoms with E-state index in [1.165, 1.54) is 70.8 Å². The lowest BCUT2D eigenvalue weighted by Gasteiger charge is -2.26. The molecule has 0 aromatic heterocycles. The SMILES string of the molecule is C=C1C(c2ccccc2)=NC(c2ccc3c(c2)[Si](C)(C)c2c(-c4ccccc4)cccc2-3)=NC1c1ccc2c(c1)[Si](C)(C)c1c(-c3ccccc3)cccc1-2. The Morgan fingerprint density at radius 3 is 1.45 bits per heavy atom. The molecule has 7 aromatic rings. The topological polar surface area (TPSA) is 24.7 Å². The summed E-state index contributed by atoms with van der Waals surface area (Å²) in [6.45, 7) is 14.7.